The highest BCUT2D eigenvalue weighted by Crippen LogP contribution is 2.40. The van der Waals surface area contributed by atoms with Gasteiger partial charge in [-0.25, -0.2) is 14.6 Å². The van der Waals surface area contributed by atoms with E-state index < -0.39 is 17.5 Å². The molecule has 0 unspecified atom stereocenters. The van der Waals surface area contributed by atoms with Gasteiger partial charge in [0.25, 0.3) is 0 Å². The van der Waals surface area contributed by atoms with E-state index >= 15 is 0 Å². The van der Waals surface area contributed by atoms with E-state index in [0.29, 0.717) is 12.8 Å². The van der Waals surface area contributed by atoms with E-state index in [2.05, 4.69) is 4.98 Å². The zero-order valence-corrected chi connectivity index (χ0v) is 12.1. The van der Waals surface area contributed by atoms with Gasteiger partial charge in [-0.1, -0.05) is 30.3 Å². The summed E-state index contributed by atoms with van der Waals surface area (Å²) >= 11 is 0. The largest absolute Gasteiger partial charge is 0.478 e. The van der Waals surface area contributed by atoms with Crippen LogP contribution in [0.5, 0.6) is 0 Å². The molecule has 1 aromatic carbocycles. The Kier molecular flexibility index (Phi) is 3.44. The second kappa shape index (κ2) is 5.29. The van der Waals surface area contributed by atoms with Crippen LogP contribution in [0, 0.1) is 0 Å². The second-order valence-electron chi connectivity index (χ2n) is 5.46. The molecule has 6 nitrogen and oxygen atoms in total. The van der Waals surface area contributed by atoms with Crippen LogP contribution in [0.4, 0.5) is 0 Å². The molecule has 2 aromatic rings. The molecule has 0 saturated heterocycles. The first-order valence-corrected chi connectivity index (χ1v) is 7.07. The number of carboxylic acids is 1. The molecule has 6 heteroatoms. The highest BCUT2D eigenvalue weighted by Gasteiger charge is 2.55. The lowest BCUT2D eigenvalue weighted by Crippen LogP contribution is -2.30. The van der Waals surface area contributed by atoms with E-state index in [4.69, 9.17) is 9.84 Å². The van der Waals surface area contributed by atoms with Crippen molar-refractivity contribution in [1.82, 2.24) is 9.55 Å². The van der Waals surface area contributed by atoms with Gasteiger partial charge in [0.05, 0.1) is 18.6 Å². The van der Waals surface area contributed by atoms with Crippen molar-refractivity contribution in [2.45, 2.75) is 31.4 Å². The average Bonchev–Trinajstić information content (AvgIpc) is 3.14. The number of hydrogen-bond acceptors (Lipinski definition) is 4. The highest BCUT2D eigenvalue weighted by molar-refractivity contribution is 5.92. The van der Waals surface area contributed by atoms with Crippen molar-refractivity contribution in [2.24, 2.45) is 0 Å². The van der Waals surface area contributed by atoms with Gasteiger partial charge in [-0.15, -0.1) is 0 Å². The summed E-state index contributed by atoms with van der Waals surface area (Å²) in [7, 11) is 0. The summed E-state index contributed by atoms with van der Waals surface area (Å²) in [4.78, 5) is 27.4. The van der Waals surface area contributed by atoms with E-state index in [-0.39, 0.29) is 11.7 Å². The molecular formula is C16H16N2O4. The fourth-order valence-electron chi connectivity index (χ4n) is 2.37. The van der Waals surface area contributed by atoms with Gasteiger partial charge in [-0.05, 0) is 12.5 Å². The van der Waals surface area contributed by atoms with Crippen molar-refractivity contribution in [3.05, 3.63) is 54.1 Å². The number of ether oxygens (including phenoxy) is 1. The van der Waals surface area contributed by atoms with Gasteiger partial charge in [0.15, 0.2) is 0 Å². The zero-order valence-electron chi connectivity index (χ0n) is 12.1. The van der Waals surface area contributed by atoms with E-state index in [9.17, 15) is 9.59 Å². The van der Waals surface area contributed by atoms with Crippen LogP contribution < -0.4 is 0 Å². The third-order valence-electron chi connectivity index (χ3n) is 3.96. The van der Waals surface area contributed by atoms with E-state index in [0.717, 1.165) is 5.56 Å². The van der Waals surface area contributed by atoms with Gasteiger partial charge >= 0.3 is 11.9 Å². The topological polar surface area (TPSA) is 81.4 Å². The van der Waals surface area contributed by atoms with Gasteiger partial charge in [0.2, 0.25) is 5.60 Å². The maximum Gasteiger partial charge on any atom is 0.357 e. The summed E-state index contributed by atoms with van der Waals surface area (Å²) in [6, 6.07) is 9.57. The van der Waals surface area contributed by atoms with Gasteiger partial charge in [0.1, 0.15) is 5.69 Å². The molecule has 0 spiro atoms. The minimum atomic E-state index is -1.35. The van der Waals surface area contributed by atoms with Crippen molar-refractivity contribution in [1.29, 1.82) is 0 Å². The maximum absolute atomic E-state index is 12.3. The maximum atomic E-state index is 12.3. The highest BCUT2D eigenvalue weighted by atomic mass is 16.6. The molecule has 1 aliphatic carbocycles. The Labute approximate surface area is 127 Å². The third-order valence-corrected chi connectivity index (χ3v) is 3.96. The predicted octanol–water partition coefficient (Wildman–Crippen LogP) is 2.27. The first-order chi connectivity index (χ1) is 10.5. The fraction of sp³-hybridized carbons (Fsp3) is 0.312. The van der Waals surface area contributed by atoms with Crippen molar-refractivity contribution in [3.63, 3.8) is 0 Å². The summed E-state index contributed by atoms with van der Waals surface area (Å²) in [5.41, 5.74) is -0.0693. The van der Waals surface area contributed by atoms with Gasteiger partial charge in [0, 0.05) is 12.8 Å². The smallest absolute Gasteiger partial charge is 0.357 e. The van der Waals surface area contributed by atoms with Crippen LogP contribution in [0.3, 0.4) is 0 Å². The molecule has 114 valence electrons. The molecule has 0 amide bonds. The number of hydrogen-bond donors (Lipinski definition) is 1. The lowest BCUT2D eigenvalue weighted by atomic mass is 10.1. The van der Waals surface area contributed by atoms with Crippen molar-refractivity contribution >= 4 is 11.9 Å². The molecule has 0 bridgehead atoms. The van der Waals surface area contributed by atoms with Crippen LogP contribution in [-0.4, -0.2) is 32.2 Å². The van der Waals surface area contributed by atoms with Gasteiger partial charge in [-0.2, -0.15) is 0 Å². The Morgan fingerprint density at radius 1 is 1.32 bits per heavy atom. The van der Waals surface area contributed by atoms with Crippen molar-refractivity contribution in [3.8, 4) is 0 Å². The number of esters is 1. The lowest BCUT2D eigenvalue weighted by Gasteiger charge is -2.17. The number of aromatic nitrogens is 2. The van der Waals surface area contributed by atoms with E-state index in [1.807, 2.05) is 37.3 Å². The Hall–Kier alpha value is -2.63. The number of aliphatic carboxylic acids is 1. The van der Waals surface area contributed by atoms with Crippen LogP contribution in [0.25, 0.3) is 0 Å². The molecule has 3 rings (SSSR count). The molecular weight excluding hydrogens is 284 g/mol. The van der Waals surface area contributed by atoms with Crippen LogP contribution in [0.1, 0.15) is 41.9 Å². The molecule has 0 radical (unpaired) electrons. The Balaban J connectivity index is 1.83. The number of imidazole rings is 1. The second-order valence-corrected chi connectivity index (χ2v) is 5.46. The minimum Gasteiger partial charge on any atom is -0.478 e. The quantitative estimate of drug-likeness (QED) is 0.857. The molecule has 1 N–H and O–H groups in total. The first kappa shape index (κ1) is 14.3. The van der Waals surface area contributed by atoms with Crippen LogP contribution in [0.2, 0.25) is 0 Å². The number of benzene rings is 1. The number of rotatable bonds is 5. The minimum absolute atomic E-state index is 0.105. The van der Waals surface area contributed by atoms with Gasteiger partial charge in [-0.3, -0.25) is 0 Å². The molecule has 1 fully saturated rings. The van der Waals surface area contributed by atoms with Gasteiger partial charge < -0.3 is 14.4 Å². The number of carboxylic acid groups (broad SMARTS) is 1. The summed E-state index contributed by atoms with van der Waals surface area (Å²) in [5.74, 6) is -1.75. The normalized spacial score (nSPS) is 16.8. The summed E-state index contributed by atoms with van der Waals surface area (Å²) in [6.45, 7) is 1.94. The fourth-order valence-corrected chi connectivity index (χ4v) is 2.37. The Morgan fingerprint density at radius 2 is 2.00 bits per heavy atom. The predicted molar refractivity (Wildman–Crippen MR) is 77.5 cm³/mol. The van der Waals surface area contributed by atoms with Crippen molar-refractivity contribution < 1.29 is 19.4 Å². The molecule has 1 aromatic heterocycles. The molecule has 1 heterocycles. The summed E-state index contributed by atoms with van der Waals surface area (Å²) in [6.07, 6.45) is 3.67. The van der Waals surface area contributed by atoms with E-state index in [1.165, 1.54) is 6.20 Å². The van der Waals surface area contributed by atoms with Crippen LogP contribution in [0.15, 0.2) is 42.9 Å². The number of carbonyl (C=O) groups is 2. The standard InChI is InChI=1S/C16H16N2O4/c1-11(12-5-3-2-4-6-12)18-10-17-9-13(18)14(19)22-16(7-8-16)15(20)21/h2-6,9-11H,7-8H2,1H3,(H,20,21)/t11-/m1/s1. The molecule has 22 heavy (non-hydrogen) atoms. The van der Waals surface area contributed by atoms with Crippen molar-refractivity contribution in [2.75, 3.05) is 0 Å². The molecule has 1 atom stereocenters. The molecule has 1 saturated carbocycles. The SMILES string of the molecule is C[C@H](c1ccccc1)n1cncc1C(=O)OC1(C(=O)O)CC1. The summed E-state index contributed by atoms with van der Waals surface area (Å²) < 4.78 is 6.87. The first-order valence-electron chi connectivity index (χ1n) is 7.07. The van der Waals surface area contributed by atoms with Crippen LogP contribution in [-0.2, 0) is 9.53 Å². The number of carbonyl (C=O) groups excluding carboxylic acids is 1. The van der Waals surface area contributed by atoms with Crippen LogP contribution >= 0.6 is 0 Å². The Morgan fingerprint density at radius 3 is 2.59 bits per heavy atom. The number of nitrogens with zero attached hydrogens (tertiary/aromatic N) is 2. The molecule has 0 aliphatic heterocycles. The zero-order chi connectivity index (χ0) is 15.7. The molecule has 1 aliphatic rings. The third kappa shape index (κ3) is 2.47. The monoisotopic (exact) mass is 300 g/mol. The average molecular weight is 300 g/mol. The summed E-state index contributed by atoms with van der Waals surface area (Å²) in [5, 5.41) is 9.11. The Bertz CT molecular complexity index is 704. The lowest BCUT2D eigenvalue weighted by molar-refractivity contribution is -0.149. The van der Waals surface area contributed by atoms with E-state index in [1.54, 1.807) is 10.9 Å².